The molecule has 0 saturated heterocycles. The van der Waals surface area contributed by atoms with Crippen LogP contribution in [0.3, 0.4) is 0 Å². The molecule has 0 radical (unpaired) electrons. The van der Waals surface area contributed by atoms with E-state index in [1.165, 1.54) is 0 Å². The maximum absolute atomic E-state index is 9.33. The van der Waals surface area contributed by atoms with Crippen molar-refractivity contribution in [3.63, 3.8) is 0 Å². The maximum Gasteiger partial charge on any atom is 0.139 e. The number of hydrogen-bond acceptors (Lipinski definition) is 4. The Morgan fingerprint density at radius 1 is 1.27 bits per heavy atom. The largest absolute Gasteiger partial charge is 0.382 e. The molecular formula is C20H20N6. The SMILES string of the molecule is Cn1ncc2cc(-c3cnc4[nH]ccc4c3NCC(C)(C)C#N)ccc21. The van der Waals surface area contributed by atoms with E-state index in [-0.39, 0.29) is 0 Å². The van der Waals surface area contributed by atoms with Gasteiger partial charge in [0.2, 0.25) is 0 Å². The molecule has 3 heterocycles. The summed E-state index contributed by atoms with van der Waals surface area (Å²) in [4.78, 5) is 7.70. The van der Waals surface area contributed by atoms with Crippen molar-refractivity contribution in [2.24, 2.45) is 12.5 Å². The first-order valence-electron chi connectivity index (χ1n) is 8.52. The third-order valence-electron chi connectivity index (χ3n) is 4.65. The van der Waals surface area contributed by atoms with Gasteiger partial charge in [-0.2, -0.15) is 10.4 Å². The number of nitrogens with zero attached hydrogens (tertiary/aromatic N) is 4. The Hall–Kier alpha value is -3.33. The highest BCUT2D eigenvalue weighted by atomic mass is 15.2. The number of anilines is 1. The lowest BCUT2D eigenvalue weighted by molar-refractivity contribution is 0.529. The Morgan fingerprint density at radius 3 is 2.92 bits per heavy atom. The zero-order valence-corrected chi connectivity index (χ0v) is 15.0. The van der Waals surface area contributed by atoms with Gasteiger partial charge in [0, 0.05) is 42.3 Å². The number of benzene rings is 1. The van der Waals surface area contributed by atoms with Crippen LogP contribution in [0.15, 0.2) is 42.9 Å². The third-order valence-corrected chi connectivity index (χ3v) is 4.65. The fourth-order valence-electron chi connectivity index (χ4n) is 3.10. The van der Waals surface area contributed by atoms with E-state index in [2.05, 4.69) is 44.7 Å². The predicted octanol–water partition coefficient (Wildman–Crippen LogP) is 4.08. The molecule has 0 aliphatic heterocycles. The van der Waals surface area contributed by atoms with Crippen molar-refractivity contribution in [1.29, 1.82) is 5.26 Å². The number of aromatic nitrogens is 4. The quantitative estimate of drug-likeness (QED) is 0.584. The number of nitriles is 1. The summed E-state index contributed by atoms with van der Waals surface area (Å²) in [6.45, 7) is 4.41. The molecular weight excluding hydrogens is 324 g/mol. The molecule has 4 rings (SSSR count). The average Bonchev–Trinajstić information content (AvgIpc) is 3.26. The van der Waals surface area contributed by atoms with Crippen LogP contribution in [0, 0.1) is 16.7 Å². The Kier molecular flexibility index (Phi) is 3.66. The molecule has 130 valence electrons. The van der Waals surface area contributed by atoms with Gasteiger partial charge in [-0.15, -0.1) is 0 Å². The van der Waals surface area contributed by atoms with E-state index in [9.17, 15) is 5.26 Å². The summed E-state index contributed by atoms with van der Waals surface area (Å²) >= 11 is 0. The number of H-pyrrole nitrogens is 1. The Labute approximate surface area is 151 Å². The van der Waals surface area contributed by atoms with Crippen molar-refractivity contribution in [2.45, 2.75) is 13.8 Å². The number of rotatable bonds is 4. The highest BCUT2D eigenvalue weighted by Gasteiger charge is 2.19. The molecule has 6 heteroatoms. The molecule has 2 N–H and O–H groups in total. The summed E-state index contributed by atoms with van der Waals surface area (Å²) in [5.41, 5.74) is 4.52. The van der Waals surface area contributed by atoms with Crippen LogP contribution in [0.4, 0.5) is 5.69 Å². The lowest BCUT2D eigenvalue weighted by Crippen LogP contribution is -2.21. The lowest BCUT2D eigenvalue weighted by atomic mass is 9.95. The number of fused-ring (bicyclic) bond motifs is 2. The van der Waals surface area contributed by atoms with E-state index in [0.717, 1.165) is 38.8 Å². The van der Waals surface area contributed by atoms with Gasteiger partial charge < -0.3 is 10.3 Å². The molecule has 0 unspecified atom stereocenters. The number of hydrogen-bond donors (Lipinski definition) is 2. The van der Waals surface area contributed by atoms with Crippen molar-refractivity contribution >= 4 is 27.6 Å². The molecule has 0 atom stereocenters. The molecule has 4 aromatic rings. The number of aromatic amines is 1. The van der Waals surface area contributed by atoms with Crippen LogP contribution in [0.1, 0.15) is 13.8 Å². The number of nitrogens with one attached hydrogen (secondary N) is 2. The standard InChI is InChI=1S/C20H20N6/c1-20(2,11-21)12-24-18-15-6-7-22-19(15)23-10-16(18)13-4-5-17-14(8-13)9-25-26(17)3/h4-10H,12H2,1-3H3,(H2,22,23,24). The van der Waals surface area contributed by atoms with Gasteiger partial charge in [0.1, 0.15) is 5.65 Å². The zero-order chi connectivity index (χ0) is 18.3. The fraction of sp³-hybridized carbons (Fsp3) is 0.250. The van der Waals surface area contributed by atoms with Crippen molar-refractivity contribution in [3.8, 4) is 17.2 Å². The molecule has 0 amide bonds. The monoisotopic (exact) mass is 344 g/mol. The van der Waals surface area contributed by atoms with E-state index in [4.69, 9.17) is 0 Å². The van der Waals surface area contributed by atoms with Crippen LogP contribution in [-0.2, 0) is 7.05 Å². The molecule has 0 fully saturated rings. The summed E-state index contributed by atoms with van der Waals surface area (Å²) in [5.74, 6) is 0. The van der Waals surface area contributed by atoms with Gasteiger partial charge in [0.25, 0.3) is 0 Å². The van der Waals surface area contributed by atoms with Gasteiger partial charge in [0.15, 0.2) is 0 Å². The number of aryl methyl sites for hydroxylation is 1. The van der Waals surface area contributed by atoms with E-state index in [0.29, 0.717) is 6.54 Å². The van der Waals surface area contributed by atoms with Crippen LogP contribution in [-0.4, -0.2) is 26.3 Å². The van der Waals surface area contributed by atoms with Crippen molar-refractivity contribution in [1.82, 2.24) is 19.7 Å². The first-order valence-corrected chi connectivity index (χ1v) is 8.52. The predicted molar refractivity (Wildman–Crippen MR) is 104 cm³/mol. The van der Waals surface area contributed by atoms with E-state index >= 15 is 0 Å². The second kappa shape index (κ2) is 5.88. The molecule has 3 aromatic heterocycles. The van der Waals surface area contributed by atoms with Gasteiger partial charge in [-0.05, 0) is 37.6 Å². The van der Waals surface area contributed by atoms with E-state index in [1.54, 1.807) is 0 Å². The van der Waals surface area contributed by atoms with Gasteiger partial charge in [-0.3, -0.25) is 4.68 Å². The van der Waals surface area contributed by atoms with E-state index in [1.807, 2.05) is 50.2 Å². The summed E-state index contributed by atoms with van der Waals surface area (Å²) < 4.78 is 1.86. The van der Waals surface area contributed by atoms with Gasteiger partial charge in [0.05, 0.1) is 28.9 Å². The Balaban J connectivity index is 1.85. The minimum Gasteiger partial charge on any atom is -0.382 e. The van der Waals surface area contributed by atoms with Crippen LogP contribution in [0.5, 0.6) is 0 Å². The smallest absolute Gasteiger partial charge is 0.139 e. The summed E-state index contributed by atoms with van der Waals surface area (Å²) in [5, 5.41) is 19.2. The zero-order valence-electron chi connectivity index (χ0n) is 15.0. The van der Waals surface area contributed by atoms with Crippen LogP contribution in [0.2, 0.25) is 0 Å². The van der Waals surface area contributed by atoms with Crippen LogP contribution >= 0.6 is 0 Å². The average molecular weight is 344 g/mol. The third kappa shape index (κ3) is 2.68. The van der Waals surface area contributed by atoms with Crippen molar-refractivity contribution < 1.29 is 0 Å². The first kappa shape index (κ1) is 16.2. The lowest BCUT2D eigenvalue weighted by Gasteiger charge is -2.19. The minimum absolute atomic E-state index is 0.462. The molecule has 0 saturated carbocycles. The highest BCUT2D eigenvalue weighted by Crippen LogP contribution is 2.35. The molecule has 0 aliphatic rings. The summed E-state index contributed by atoms with van der Waals surface area (Å²) in [6.07, 6.45) is 5.62. The van der Waals surface area contributed by atoms with Crippen molar-refractivity contribution in [2.75, 3.05) is 11.9 Å². The fourth-order valence-corrected chi connectivity index (χ4v) is 3.10. The van der Waals surface area contributed by atoms with Gasteiger partial charge >= 0.3 is 0 Å². The van der Waals surface area contributed by atoms with Crippen LogP contribution in [0.25, 0.3) is 33.1 Å². The summed E-state index contributed by atoms with van der Waals surface area (Å²) in [7, 11) is 1.94. The molecule has 26 heavy (non-hydrogen) atoms. The molecule has 0 aliphatic carbocycles. The summed E-state index contributed by atoms with van der Waals surface area (Å²) in [6, 6.07) is 10.6. The van der Waals surface area contributed by atoms with E-state index < -0.39 is 5.41 Å². The molecule has 0 bridgehead atoms. The number of pyridine rings is 1. The van der Waals surface area contributed by atoms with Gasteiger partial charge in [-0.25, -0.2) is 4.98 Å². The Bertz CT molecular complexity index is 1140. The van der Waals surface area contributed by atoms with Gasteiger partial charge in [-0.1, -0.05) is 6.07 Å². The van der Waals surface area contributed by atoms with Crippen molar-refractivity contribution in [3.05, 3.63) is 42.9 Å². The van der Waals surface area contributed by atoms with Crippen LogP contribution < -0.4 is 5.32 Å². The highest BCUT2D eigenvalue weighted by molar-refractivity contribution is 5.99. The molecule has 0 spiro atoms. The normalized spacial score (nSPS) is 11.8. The maximum atomic E-state index is 9.33. The second-order valence-corrected chi connectivity index (χ2v) is 7.18. The second-order valence-electron chi connectivity index (χ2n) is 7.18. The topological polar surface area (TPSA) is 82.3 Å². The molecule has 6 nitrogen and oxygen atoms in total. The Morgan fingerprint density at radius 2 is 2.12 bits per heavy atom. The molecule has 1 aromatic carbocycles. The minimum atomic E-state index is -0.462. The first-order chi connectivity index (χ1) is 12.5.